The van der Waals surface area contributed by atoms with Crippen LogP contribution in [0, 0.1) is 0 Å². The summed E-state index contributed by atoms with van der Waals surface area (Å²) >= 11 is 0. The smallest absolute Gasteiger partial charge is 0.224 e. The molecule has 22 heavy (non-hydrogen) atoms. The van der Waals surface area contributed by atoms with E-state index in [1.165, 1.54) is 0 Å². The Labute approximate surface area is 131 Å². The summed E-state index contributed by atoms with van der Waals surface area (Å²) in [5, 5.41) is 11.7. The molecule has 0 radical (unpaired) electrons. The van der Waals surface area contributed by atoms with Crippen molar-refractivity contribution in [2.24, 2.45) is 0 Å². The number of aliphatic hydroxyl groups excluding tert-OH is 1. The van der Waals surface area contributed by atoms with Crippen LogP contribution in [0.4, 0.5) is 5.69 Å². The van der Waals surface area contributed by atoms with Crippen LogP contribution in [0.15, 0.2) is 60.7 Å². The Kier molecular flexibility index (Phi) is 6.39. The highest BCUT2D eigenvalue weighted by atomic mass is 16.2. The molecule has 0 saturated carbocycles. The topological polar surface area (TPSA) is 49.3 Å². The molecular weight excluding hydrogens is 274 g/mol. The number of hydrogen-bond donors (Lipinski definition) is 2. The van der Waals surface area contributed by atoms with Crippen molar-refractivity contribution < 1.29 is 9.90 Å². The number of benzene rings is 2. The van der Waals surface area contributed by atoms with E-state index in [0.29, 0.717) is 19.3 Å². The van der Waals surface area contributed by atoms with Gasteiger partial charge >= 0.3 is 0 Å². The Morgan fingerprint density at radius 2 is 1.77 bits per heavy atom. The number of amides is 1. The summed E-state index contributed by atoms with van der Waals surface area (Å²) in [5.74, 6) is 0.00706. The van der Waals surface area contributed by atoms with Gasteiger partial charge < -0.3 is 10.4 Å². The number of carbonyl (C=O) groups excluding carboxylic acids is 1. The van der Waals surface area contributed by atoms with Gasteiger partial charge in [0.25, 0.3) is 0 Å². The van der Waals surface area contributed by atoms with Gasteiger partial charge in [0.1, 0.15) is 0 Å². The Morgan fingerprint density at radius 1 is 1.05 bits per heavy atom. The van der Waals surface area contributed by atoms with E-state index in [1.54, 1.807) is 0 Å². The van der Waals surface area contributed by atoms with Crippen molar-refractivity contribution in [3.05, 3.63) is 71.8 Å². The van der Waals surface area contributed by atoms with E-state index < -0.39 is 0 Å². The summed E-state index contributed by atoms with van der Waals surface area (Å²) in [7, 11) is 0. The first-order valence-electron chi connectivity index (χ1n) is 7.49. The Morgan fingerprint density at radius 3 is 2.45 bits per heavy atom. The minimum absolute atomic E-state index is 0.00706. The first kappa shape index (κ1) is 16.0. The lowest BCUT2D eigenvalue weighted by molar-refractivity contribution is -0.116. The first-order chi connectivity index (χ1) is 10.8. The maximum absolute atomic E-state index is 11.8. The van der Waals surface area contributed by atoms with E-state index in [1.807, 2.05) is 66.7 Å². The number of allylic oxidation sites excluding steroid dienone is 1. The summed E-state index contributed by atoms with van der Waals surface area (Å²) in [5.41, 5.74) is 2.99. The second kappa shape index (κ2) is 8.80. The zero-order chi connectivity index (χ0) is 15.6. The maximum atomic E-state index is 11.8. The number of anilines is 1. The van der Waals surface area contributed by atoms with Crippen molar-refractivity contribution in [1.82, 2.24) is 0 Å². The van der Waals surface area contributed by atoms with Crippen LogP contribution in [0.25, 0.3) is 6.08 Å². The van der Waals surface area contributed by atoms with Crippen molar-refractivity contribution in [3.63, 3.8) is 0 Å². The number of nitrogens with one attached hydrogen (secondary N) is 1. The number of carbonyl (C=O) groups is 1. The molecule has 0 atom stereocenters. The minimum atomic E-state index is 0.00706. The van der Waals surface area contributed by atoms with Gasteiger partial charge in [0.2, 0.25) is 5.91 Å². The van der Waals surface area contributed by atoms with Gasteiger partial charge in [-0.2, -0.15) is 0 Å². The van der Waals surface area contributed by atoms with Crippen molar-refractivity contribution >= 4 is 17.7 Å². The lowest BCUT2D eigenvalue weighted by Crippen LogP contribution is -2.10. The molecule has 0 fully saturated rings. The van der Waals surface area contributed by atoms with Gasteiger partial charge in [-0.15, -0.1) is 0 Å². The molecule has 0 aliphatic carbocycles. The molecule has 2 aromatic rings. The molecule has 0 unspecified atom stereocenters. The predicted octanol–water partition coefficient (Wildman–Crippen LogP) is 3.65. The van der Waals surface area contributed by atoms with E-state index >= 15 is 0 Å². The molecule has 3 nitrogen and oxygen atoms in total. The third-order valence-electron chi connectivity index (χ3n) is 3.29. The fourth-order valence-electron chi connectivity index (χ4n) is 2.11. The second-order valence-corrected chi connectivity index (χ2v) is 5.07. The van der Waals surface area contributed by atoms with E-state index in [4.69, 9.17) is 5.11 Å². The van der Waals surface area contributed by atoms with Crippen LogP contribution in [0.2, 0.25) is 0 Å². The third-order valence-corrected chi connectivity index (χ3v) is 3.29. The van der Waals surface area contributed by atoms with E-state index in [-0.39, 0.29) is 12.5 Å². The Bertz CT molecular complexity index is 603. The van der Waals surface area contributed by atoms with Gasteiger partial charge in [-0.1, -0.05) is 54.6 Å². The molecule has 0 heterocycles. The van der Waals surface area contributed by atoms with Crippen LogP contribution in [0.3, 0.4) is 0 Å². The molecule has 114 valence electrons. The quantitative estimate of drug-likeness (QED) is 0.819. The molecule has 1 amide bonds. The second-order valence-electron chi connectivity index (χ2n) is 5.07. The summed E-state index contributed by atoms with van der Waals surface area (Å²) in [6, 6.07) is 17.6. The highest BCUT2D eigenvalue weighted by molar-refractivity contribution is 5.90. The average Bonchev–Trinajstić information content (AvgIpc) is 2.55. The van der Waals surface area contributed by atoms with Gasteiger partial charge in [-0.05, 0) is 36.1 Å². The van der Waals surface area contributed by atoms with Gasteiger partial charge in [0.15, 0.2) is 0 Å². The molecule has 0 aromatic heterocycles. The van der Waals surface area contributed by atoms with Gasteiger partial charge in [-0.3, -0.25) is 4.79 Å². The molecule has 0 spiro atoms. The molecular formula is C19H21NO2. The van der Waals surface area contributed by atoms with Crippen molar-refractivity contribution in [2.75, 3.05) is 11.9 Å². The van der Waals surface area contributed by atoms with Crippen LogP contribution >= 0.6 is 0 Å². The first-order valence-corrected chi connectivity index (χ1v) is 7.49. The number of hydrogen-bond acceptors (Lipinski definition) is 2. The summed E-state index contributed by atoms with van der Waals surface area (Å²) in [6.45, 7) is 0.138. The van der Waals surface area contributed by atoms with Crippen LogP contribution in [0.1, 0.15) is 24.0 Å². The van der Waals surface area contributed by atoms with Crippen molar-refractivity contribution in [3.8, 4) is 0 Å². The lowest BCUT2D eigenvalue weighted by atomic mass is 10.1. The molecule has 2 aromatic carbocycles. The molecule has 2 N–H and O–H groups in total. The normalized spacial score (nSPS) is 10.8. The number of aliphatic hydroxyl groups is 1. The van der Waals surface area contributed by atoms with Crippen LogP contribution < -0.4 is 5.32 Å². The average molecular weight is 295 g/mol. The number of rotatable bonds is 7. The van der Waals surface area contributed by atoms with E-state index in [2.05, 4.69) is 5.32 Å². The SMILES string of the molecule is O=C(CCC=Cc1ccccc1)Nc1ccc(CCO)cc1. The molecule has 0 aliphatic heterocycles. The Balaban J connectivity index is 1.74. The van der Waals surface area contributed by atoms with Gasteiger partial charge in [0, 0.05) is 18.7 Å². The van der Waals surface area contributed by atoms with Gasteiger partial charge in [0.05, 0.1) is 0 Å². The highest BCUT2D eigenvalue weighted by Crippen LogP contribution is 2.11. The molecule has 0 saturated heterocycles. The predicted molar refractivity (Wildman–Crippen MR) is 90.6 cm³/mol. The third kappa shape index (κ3) is 5.54. The van der Waals surface area contributed by atoms with Crippen LogP contribution in [-0.4, -0.2) is 17.6 Å². The molecule has 0 aliphatic rings. The van der Waals surface area contributed by atoms with Crippen molar-refractivity contribution in [2.45, 2.75) is 19.3 Å². The zero-order valence-corrected chi connectivity index (χ0v) is 12.5. The maximum Gasteiger partial charge on any atom is 0.224 e. The zero-order valence-electron chi connectivity index (χ0n) is 12.5. The lowest BCUT2D eigenvalue weighted by Gasteiger charge is -2.05. The summed E-state index contributed by atoms with van der Waals surface area (Å²) < 4.78 is 0. The molecule has 2 rings (SSSR count). The Hall–Kier alpha value is -2.39. The molecule has 3 heteroatoms. The fourth-order valence-corrected chi connectivity index (χ4v) is 2.11. The monoisotopic (exact) mass is 295 g/mol. The summed E-state index contributed by atoms with van der Waals surface area (Å²) in [4.78, 5) is 11.8. The van der Waals surface area contributed by atoms with E-state index in [9.17, 15) is 4.79 Å². The fraction of sp³-hybridized carbons (Fsp3) is 0.211. The van der Waals surface area contributed by atoms with E-state index in [0.717, 1.165) is 16.8 Å². The highest BCUT2D eigenvalue weighted by Gasteiger charge is 2.01. The van der Waals surface area contributed by atoms with Crippen LogP contribution in [-0.2, 0) is 11.2 Å². The standard InChI is InChI=1S/C19H21NO2/c21-15-14-17-10-12-18(13-11-17)20-19(22)9-5-4-8-16-6-2-1-3-7-16/h1-4,6-8,10-13,21H,5,9,14-15H2,(H,20,22). The minimum Gasteiger partial charge on any atom is -0.396 e. The van der Waals surface area contributed by atoms with Crippen LogP contribution in [0.5, 0.6) is 0 Å². The summed E-state index contributed by atoms with van der Waals surface area (Å²) in [6.07, 6.45) is 5.85. The van der Waals surface area contributed by atoms with Crippen molar-refractivity contribution in [1.29, 1.82) is 0 Å². The van der Waals surface area contributed by atoms with Gasteiger partial charge in [-0.25, -0.2) is 0 Å². The largest absolute Gasteiger partial charge is 0.396 e. The molecule has 0 bridgehead atoms.